The lowest BCUT2D eigenvalue weighted by Gasteiger charge is -2.13. The molecule has 0 rings (SSSR count). The van der Waals surface area contributed by atoms with Crippen LogP contribution in [0.2, 0.25) is 0 Å². The van der Waals surface area contributed by atoms with Crippen molar-refractivity contribution in [2.45, 2.75) is 0 Å². The van der Waals surface area contributed by atoms with Crippen molar-refractivity contribution in [1.82, 2.24) is 14.5 Å². The number of nitrogens with zero attached hydrogens (tertiary/aromatic N) is 2. The van der Waals surface area contributed by atoms with Gasteiger partial charge in [0.15, 0.2) is 0 Å². The Hall–Kier alpha value is -0.660. The molecule has 0 bridgehead atoms. The van der Waals surface area contributed by atoms with E-state index >= 15 is 0 Å². The summed E-state index contributed by atoms with van der Waals surface area (Å²) < 4.78 is 25.0. The molecule has 0 heterocycles. The maximum Gasteiger partial charge on any atom is 0.237 e. The van der Waals surface area contributed by atoms with E-state index in [1.54, 1.807) is 33.1 Å². The maximum atomic E-state index is 11.4. The molecule has 0 spiro atoms. The van der Waals surface area contributed by atoms with E-state index in [0.717, 1.165) is 0 Å². The summed E-state index contributed by atoms with van der Waals surface area (Å²) in [5.74, 6) is -0.260. The summed E-state index contributed by atoms with van der Waals surface area (Å²) in [4.78, 5) is 14.2. The van der Waals surface area contributed by atoms with Gasteiger partial charge >= 0.3 is 0 Å². The van der Waals surface area contributed by atoms with E-state index < -0.39 is 10.0 Å². The van der Waals surface area contributed by atoms with Crippen molar-refractivity contribution in [3.63, 3.8) is 0 Å². The third-order valence-electron chi connectivity index (χ3n) is 1.75. The van der Waals surface area contributed by atoms with Crippen LogP contribution in [-0.4, -0.2) is 71.2 Å². The largest absolute Gasteiger partial charge is 0.348 e. The Morgan fingerprint density at radius 1 is 1.20 bits per heavy atom. The Morgan fingerprint density at radius 2 is 1.73 bits per heavy atom. The lowest BCUT2D eigenvalue weighted by Crippen LogP contribution is -2.38. The van der Waals surface area contributed by atoms with Gasteiger partial charge in [-0.05, 0) is 14.1 Å². The maximum absolute atomic E-state index is 11.4. The first-order valence-corrected chi connectivity index (χ1v) is 6.22. The third-order valence-corrected chi connectivity index (χ3v) is 3.05. The van der Waals surface area contributed by atoms with E-state index in [0.29, 0.717) is 6.54 Å². The minimum atomic E-state index is -3.34. The monoisotopic (exact) mass is 237 g/mol. The van der Waals surface area contributed by atoms with Gasteiger partial charge in [-0.1, -0.05) is 0 Å². The Kier molecular flexibility index (Phi) is 5.77. The third kappa shape index (κ3) is 7.29. The second-order valence-corrected chi connectivity index (χ2v) is 5.66. The molecule has 7 heteroatoms. The summed E-state index contributed by atoms with van der Waals surface area (Å²) in [6, 6.07) is 0. The summed E-state index contributed by atoms with van der Waals surface area (Å²) >= 11 is 0. The molecule has 15 heavy (non-hydrogen) atoms. The molecule has 0 saturated heterocycles. The van der Waals surface area contributed by atoms with Crippen LogP contribution < -0.4 is 4.72 Å². The summed E-state index contributed by atoms with van der Waals surface area (Å²) in [6.07, 6.45) is 0. The molecule has 0 aliphatic rings. The van der Waals surface area contributed by atoms with E-state index in [1.165, 1.54) is 4.90 Å². The van der Waals surface area contributed by atoms with Crippen molar-refractivity contribution in [1.29, 1.82) is 0 Å². The van der Waals surface area contributed by atoms with Crippen LogP contribution in [0.5, 0.6) is 0 Å². The molecule has 0 saturated carbocycles. The van der Waals surface area contributed by atoms with Crippen molar-refractivity contribution in [3.05, 3.63) is 0 Å². The fourth-order valence-electron chi connectivity index (χ4n) is 0.705. The normalized spacial score (nSPS) is 11.8. The number of hydrogen-bond acceptors (Lipinski definition) is 4. The zero-order chi connectivity index (χ0) is 12.1. The summed E-state index contributed by atoms with van der Waals surface area (Å²) in [5, 5.41) is 0. The SMILES string of the molecule is CN(C)CCS(=O)(=O)NCC(=O)N(C)C. The average molecular weight is 237 g/mol. The minimum absolute atomic E-state index is 0.000703. The summed E-state index contributed by atoms with van der Waals surface area (Å²) in [7, 11) is 3.40. The Balaban J connectivity index is 4.00. The zero-order valence-electron chi connectivity index (χ0n) is 9.65. The Morgan fingerprint density at radius 3 is 2.13 bits per heavy atom. The molecule has 1 N–H and O–H groups in total. The van der Waals surface area contributed by atoms with Crippen LogP contribution in [0.15, 0.2) is 0 Å². The summed E-state index contributed by atoms with van der Waals surface area (Å²) in [5.41, 5.74) is 0. The molecule has 0 atom stereocenters. The van der Waals surface area contributed by atoms with Gasteiger partial charge < -0.3 is 9.80 Å². The first kappa shape index (κ1) is 14.3. The highest BCUT2D eigenvalue weighted by Crippen LogP contribution is 1.87. The van der Waals surface area contributed by atoms with E-state index in [4.69, 9.17) is 0 Å². The molecule has 0 aliphatic carbocycles. The molecule has 90 valence electrons. The molecule has 0 unspecified atom stereocenters. The number of likely N-dealkylation sites (N-methyl/N-ethyl adjacent to an activating group) is 1. The zero-order valence-corrected chi connectivity index (χ0v) is 10.5. The minimum Gasteiger partial charge on any atom is -0.348 e. The predicted molar refractivity (Wildman–Crippen MR) is 59.0 cm³/mol. The van der Waals surface area contributed by atoms with Crippen molar-refractivity contribution >= 4 is 15.9 Å². The quantitative estimate of drug-likeness (QED) is 0.614. The van der Waals surface area contributed by atoms with Crippen LogP contribution in [0, 0.1) is 0 Å². The highest BCUT2D eigenvalue weighted by molar-refractivity contribution is 7.89. The van der Waals surface area contributed by atoms with Crippen LogP contribution in [0.3, 0.4) is 0 Å². The number of carbonyl (C=O) groups excluding carboxylic acids is 1. The van der Waals surface area contributed by atoms with Crippen LogP contribution in [0.1, 0.15) is 0 Å². The highest BCUT2D eigenvalue weighted by Gasteiger charge is 2.13. The van der Waals surface area contributed by atoms with Crippen molar-refractivity contribution in [2.75, 3.05) is 47.0 Å². The van der Waals surface area contributed by atoms with Gasteiger partial charge in [0, 0.05) is 20.6 Å². The number of rotatable bonds is 6. The number of carbonyl (C=O) groups is 1. The molecule has 0 fully saturated rings. The molecule has 1 amide bonds. The van der Waals surface area contributed by atoms with E-state index in [1.807, 2.05) is 0 Å². The van der Waals surface area contributed by atoms with Gasteiger partial charge in [-0.3, -0.25) is 4.79 Å². The Bertz CT molecular complexity index is 298. The fourth-order valence-corrected chi connectivity index (χ4v) is 1.80. The van der Waals surface area contributed by atoms with Crippen LogP contribution in [0.4, 0.5) is 0 Å². The van der Waals surface area contributed by atoms with E-state index in [9.17, 15) is 13.2 Å². The van der Waals surface area contributed by atoms with Crippen LogP contribution >= 0.6 is 0 Å². The molecular weight excluding hydrogens is 218 g/mol. The van der Waals surface area contributed by atoms with Gasteiger partial charge in [0.1, 0.15) is 0 Å². The topological polar surface area (TPSA) is 69.7 Å². The fraction of sp³-hybridized carbons (Fsp3) is 0.875. The number of sulfonamides is 1. The van der Waals surface area contributed by atoms with Crippen molar-refractivity contribution in [2.24, 2.45) is 0 Å². The van der Waals surface area contributed by atoms with Gasteiger partial charge in [-0.2, -0.15) is 0 Å². The number of amides is 1. The van der Waals surface area contributed by atoms with Gasteiger partial charge in [-0.25, -0.2) is 13.1 Å². The lowest BCUT2D eigenvalue weighted by atomic mass is 10.6. The molecule has 6 nitrogen and oxygen atoms in total. The molecule has 0 aliphatic heterocycles. The average Bonchev–Trinajstić information content (AvgIpc) is 2.11. The number of hydrogen-bond donors (Lipinski definition) is 1. The van der Waals surface area contributed by atoms with E-state index in [-0.39, 0.29) is 18.2 Å². The van der Waals surface area contributed by atoms with Crippen LogP contribution in [0.25, 0.3) is 0 Å². The number of nitrogens with one attached hydrogen (secondary N) is 1. The van der Waals surface area contributed by atoms with Crippen LogP contribution in [-0.2, 0) is 14.8 Å². The van der Waals surface area contributed by atoms with Gasteiger partial charge in [0.05, 0.1) is 12.3 Å². The van der Waals surface area contributed by atoms with Crippen molar-refractivity contribution < 1.29 is 13.2 Å². The van der Waals surface area contributed by atoms with Gasteiger partial charge in [0.2, 0.25) is 15.9 Å². The highest BCUT2D eigenvalue weighted by atomic mass is 32.2. The Labute approximate surface area is 91.3 Å². The lowest BCUT2D eigenvalue weighted by molar-refractivity contribution is -0.127. The van der Waals surface area contributed by atoms with Gasteiger partial charge in [-0.15, -0.1) is 0 Å². The smallest absolute Gasteiger partial charge is 0.237 e. The first-order valence-electron chi connectivity index (χ1n) is 4.57. The standard InChI is InChI=1S/C8H19N3O3S/c1-10(2)5-6-15(13,14)9-7-8(12)11(3)4/h9H,5-7H2,1-4H3. The molecule has 0 radical (unpaired) electrons. The van der Waals surface area contributed by atoms with E-state index in [2.05, 4.69) is 4.72 Å². The second kappa shape index (κ2) is 6.04. The molecule has 0 aromatic carbocycles. The van der Waals surface area contributed by atoms with Gasteiger partial charge in [0.25, 0.3) is 0 Å². The predicted octanol–water partition coefficient (Wildman–Crippen LogP) is -1.44. The second-order valence-electron chi connectivity index (χ2n) is 3.73. The van der Waals surface area contributed by atoms with Crippen molar-refractivity contribution in [3.8, 4) is 0 Å². The first-order chi connectivity index (χ1) is 6.74. The molecule has 0 aromatic rings. The molecular formula is C8H19N3O3S. The molecule has 0 aromatic heterocycles. The summed E-state index contributed by atoms with van der Waals surface area (Å²) in [6.45, 7) is 0.258.